The Morgan fingerprint density at radius 2 is 1.97 bits per heavy atom. The van der Waals surface area contributed by atoms with Crippen molar-refractivity contribution in [2.75, 3.05) is 43.9 Å². The Hall–Kier alpha value is -1.85. The average Bonchev–Trinajstić information content (AvgIpc) is 2.90. The highest BCUT2D eigenvalue weighted by Gasteiger charge is 2.31. The van der Waals surface area contributed by atoms with E-state index in [2.05, 4.69) is 20.3 Å². The third-order valence-corrected chi connectivity index (χ3v) is 9.19. The summed E-state index contributed by atoms with van der Waals surface area (Å²) in [5.74, 6) is 0.717. The van der Waals surface area contributed by atoms with E-state index in [0.29, 0.717) is 53.1 Å². The lowest BCUT2D eigenvalue weighted by molar-refractivity contribution is -0.123. The molecule has 2 aliphatic rings. The van der Waals surface area contributed by atoms with E-state index in [4.69, 9.17) is 27.9 Å². The molecule has 0 aromatic carbocycles. The highest BCUT2D eigenvalue weighted by Crippen LogP contribution is 2.32. The third kappa shape index (κ3) is 6.72. The summed E-state index contributed by atoms with van der Waals surface area (Å²) in [5.41, 5.74) is 1.47. The number of sulfonamides is 1. The molecule has 12 heteroatoms. The van der Waals surface area contributed by atoms with Gasteiger partial charge in [-0.1, -0.05) is 23.2 Å². The van der Waals surface area contributed by atoms with Gasteiger partial charge >= 0.3 is 0 Å². The molecule has 2 aromatic heterocycles. The van der Waals surface area contributed by atoms with Gasteiger partial charge in [0.05, 0.1) is 17.0 Å². The normalized spacial score (nSPS) is 19.8. The summed E-state index contributed by atoms with van der Waals surface area (Å²) in [5, 5.41) is 3.88. The number of nitrogens with zero attached hydrogens (tertiary/aromatic N) is 4. The Kier molecular flexibility index (Phi) is 9.16. The number of carbonyl (C=O) groups is 1. The highest BCUT2D eigenvalue weighted by atomic mass is 35.5. The fourth-order valence-corrected chi connectivity index (χ4v) is 6.12. The lowest BCUT2D eigenvalue weighted by Crippen LogP contribution is -2.43. The van der Waals surface area contributed by atoms with Gasteiger partial charge in [-0.05, 0) is 44.6 Å². The minimum atomic E-state index is -3.32. The summed E-state index contributed by atoms with van der Waals surface area (Å²) < 4.78 is 31.4. The van der Waals surface area contributed by atoms with Gasteiger partial charge < -0.3 is 10.1 Å². The van der Waals surface area contributed by atoms with Crippen LogP contribution in [0.15, 0.2) is 18.5 Å². The van der Waals surface area contributed by atoms with Gasteiger partial charge in [0.1, 0.15) is 17.3 Å². The molecule has 1 N–H and O–H groups in total. The van der Waals surface area contributed by atoms with Gasteiger partial charge in [0.15, 0.2) is 5.15 Å². The monoisotopic (exact) mass is 555 g/mol. The predicted octanol–water partition coefficient (Wildman–Crippen LogP) is 3.86. The molecule has 0 amide bonds. The first kappa shape index (κ1) is 27.2. The Bertz CT molecular complexity index is 1190. The van der Waals surface area contributed by atoms with Crippen LogP contribution in [0.5, 0.6) is 0 Å². The van der Waals surface area contributed by atoms with Gasteiger partial charge in [-0.25, -0.2) is 22.7 Å². The Balaban J connectivity index is 1.48. The van der Waals surface area contributed by atoms with E-state index in [0.717, 1.165) is 32.6 Å². The van der Waals surface area contributed by atoms with Crippen LogP contribution in [0.25, 0.3) is 11.3 Å². The molecule has 2 fully saturated rings. The van der Waals surface area contributed by atoms with E-state index in [1.54, 1.807) is 19.2 Å². The molecule has 4 rings (SSSR count). The van der Waals surface area contributed by atoms with Gasteiger partial charge in [0, 0.05) is 62.6 Å². The molecule has 2 aromatic rings. The number of aromatic nitrogens is 3. The van der Waals surface area contributed by atoms with Crippen molar-refractivity contribution in [1.82, 2.24) is 19.3 Å². The van der Waals surface area contributed by atoms with Crippen LogP contribution >= 0.6 is 23.2 Å². The summed E-state index contributed by atoms with van der Waals surface area (Å²) in [4.78, 5) is 26.3. The number of pyridine rings is 1. The van der Waals surface area contributed by atoms with Gasteiger partial charge in [-0.3, -0.25) is 9.78 Å². The van der Waals surface area contributed by atoms with Crippen LogP contribution in [-0.4, -0.2) is 72.1 Å². The molecule has 9 nitrogen and oxygen atoms in total. The van der Waals surface area contributed by atoms with Crippen LogP contribution in [0, 0.1) is 11.8 Å². The largest absolute Gasteiger partial charge is 0.381 e. The summed E-state index contributed by atoms with van der Waals surface area (Å²) >= 11 is 12.8. The molecule has 36 heavy (non-hydrogen) atoms. The molecule has 4 heterocycles. The zero-order chi connectivity index (χ0) is 25.7. The maximum absolute atomic E-state index is 13.1. The fraction of sp³-hybridized carbons (Fsp3) is 0.583. The molecule has 2 saturated heterocycles. The van der Waals surface area contributed by atoms with E-state index in [1.165, 1.54) is 10.5 Å². The van der Waals surface area contributed by atoms with E-state index in [9.17, 15) is 13.2 Å². The van der Waals surface area contributed by atoms with Crippen LogP contribution in [-0.2, 0) is 26.0 Å². The molecule has 0 aliphatic carbocycles. The topological polar surface area (TPSA) is 114 Å². The molecule has 1 atom stereocenters. The van der Waals surface area contributed by atoms with E-state index < -0.39 is 10.0 Å². The van der Waals surface area contributed by atoms with E-state index in [-0.39, 0.29) is 35.6 Å². The SMILES string of the molecule is CCS(=O)(=O)N1CCC[C@H](C(=O)Cc2cc(-c3nc(NCC4CCOCC4)cnc3Cl)c(Cl)cn2)C1. The number of hydrogen-bond acceptors (Lipinski definition) is 8. The summed E-state index contributed by atoms with van der Waals surface area (Å²) in [6.45, 7) is 4.59. The quantitative estimate of drug-likeness (QED) is 0.496. The van der Waals surface area contributed by atoms with Gasteiger partial charge in [0.2, 0.25) is 10.0 Å². The van der Waals surface area contributed by atoms with Crippen molar-refractivity contribution in [3.63, 3.8) is 0 Å². The Morgan fingerprint density at radius 3 is 2.72 bits per heavy atom. The molecule has 0 saturated carbocycles. The van der Waals surface area contributed by atoms with Crippen molar-refractivity contribution in [2.45, 2.75) is 39.0 Å². The van der Waals surface area contributed by atoms with Crippen molar-refractivity contribution in [2.24, 2.45) is 11.8 Å². The maximum Gasteiger partial charge on any atom is 0.213 e. The highest BCUT2D eigenvalue weighted by molar-refractivity contribution is 7.89. The number of ether oxygens (including phenoxy) is 1. The molecule has 196 valence electrons. The number of rotatable bonds is 9. The fourth-order valence-electron chi connectivity index (χ4n) is 4.55. The van der Waals surface area contributed by atoms with Crippen molar-refractivity contribution < 1.29 is 17.9 Å². The minimum Gasteiger partial charge on any atom is -0.381 e. The Morgan fingerprint density at radius 1 is 1.19 bits per heavy atom. The number of ketones is 1. The van der Waals surface area contributed by atoms with E-state index in [1.807, 2.05) is 0 Å². The second kappa shape index (κ2) is 12.1. The van der Waals surface area contributed by atoms with Gasteiger partial charge in [0.25, 0.3) is 0 Å². The van der Waals surface area contributed by atoms with Crippen LogP contribution in [0.4, 0.5) is 5.82 Å². The number of anilines is 1. The van der Waals surface area contributed by atoms with Gasteiger partial charge in [-0.15, -0.1) is 0 Å². The molecule has 0 radical (unpaired) electrons. The second-order valence-electron chi connectivity index (χ2n) is 9.23. The molecular weight excluding hydrogens is 525 g/mol. The van der Waals surface area contributed by atoms with Crippen molar-refractivity contribution in [3.8, 4) is 11.3 Å². The standard InChI is InChI=1S/C24H31Cl2N5O4S/c1-2-36(33,34)31-7-3-4-17(15-31)21(32)11-18-10-19(20(25)13-27-18)23-24(26)29-14-22(30-23)28-12-16-5-8-35-9-6-16/h10,13-14,16-17H,2-9,11-12,15H2,1H3,(H,28,30)/t17-/m0/s1. The van der Waals surface area contributed by atoms with E-state index >= 15 is 0 Å². The number of Topliss-reactive ketones (excluding diaryl/α,β-unsaturated/α-hetero) is 1. The molecule has 0 bridgehead atoms. The number of carbonyl (C=O) groups excluding carboxylic acids is 1. The van der Waals surface area contributed by atoms with Crippen LogP contribution in [0.3, 0.4) is 0 Å². The van der Waals surface area contributed by atoms with Crippen LogP contribution < -0.4 is 5.32 Å². The number of nitrogens with one attached hydrogen (secondary N) is 1. The van der Waals surface area contributed by atoms with Crippen molar-refractivity contribution in [1.29, 1.82) is 0 Å². The summed E-state index contributed by atoms with van der Waals surface area (Å²) in [6, 6.07) is 1.71. The Labute approximate surface area is 222 Å². The number of halogens is 2. The molecule has 0 unspecified atom stereocenters. The van der Waals surface area contributed by atoms with Crippen LogP contribution in [0.2, 0.25) is 10.2 Å². The lowest BCUT2D eigenvalue weighted by atomic mass is 9.92. The summed E-state index contributed by atoms with van der Waals surface area (Å²) in [7, 11) is -3.32. The first-order valence-electron chi connectivity index (χ1n) is 12.3. The maximum atomic E-state index is 13.1. The van der Waals surface area contributed by atoms with Gasteiger partial charge in [-0.2, -0.15) is 0 Å². The van der Waals surface area contributed by atoms with Crippen LogP contribution in [0.1, 0.15) is 38.3 Å². The molecule has 0 spiro atoms. The first-order chi connectivity index (χ1) is 17.3. The smallest absolute Gasteiger partial charge is 0.213 e. The minimum absolute atomic E-state index is 0.0286. The average molecular weight is 557 g/mol. The summed E-state index contributed by atoms with van der Waals surface area (Å²) in [6.07, 6.45) is 6.45. The zero-order valence-electron chi connectivity index (χ0n) is 20.3. The van der Waals surface area contributed by atoms with Crippen molar-refractivity contribution in [3.05, 3.63) is 34.3 Å². The number of hydrogen-bond donors (Lipinski definition) is 1. The molecular formula is C24H31Cl2N5O4S. The van der Waals surface area contributed by atoms with Crippen molar-refractivity contribution >= 4 is 44.8 Å². The second-order valence-corrected chi connectivity index (χ2v) is 12.3. The molecule has 2 aliphatic heterocycles. The third-order valence-electron chi connectivity index (χ3n) is 6.76. The predicted molar refractivity (Wildman–Crippen MR) is 140 cm³/mol. The zero-order valence-corrected chi connectivity index (χ0v) is 22.6. The first-order valence-corrected chi connectivity index (χ1v) is 14.6. The number of piperidine rings is 1. The lowest BCUT2D eigenvalue weighted by Gasteiger charge is -2.30.